The lowest BCUT2D eigenvalue weighted by Crippen LogP contribution is -2.24. The standard InChI is InChI=1S/C25H30F3NO4/c1-5-6-13-32-22-16-18(2)23(19(3)17-22)33-15-8-7-14-31-21-11-9-20(10-12-21)24(29-30-4)25(26,27)28/h5-6,9-12,16-17H,7-8,13-15H2,1-4H3/b6-5+,29-24-. The number of benzene rings is 2. The molecule has 8 heteroatoms. The number of hydrogen-bond acceptors (Lipinski definition) is 5. The van der Waals surface area contributed by atoms with Gasteiger partial charge in [0.2, 0.25) is 0 Å². The van der Waals surface area contributed by atoms with E-state index in [0.717, 1.165) is 42.6 Å². The third-order valence-electron chi connectivity index (χ3n) is 4.65. The van der Waals surface area contributed by atoms with E-state index < -0.39 is 11.9 Å². The van der Waals surface area contributed by atoms with Crippen molar-refractivity contribution in [2.24, 2.45) is 5.16 Å². The predicted molar refractivity (Wildman–Crippen MR) is 122 cm³/mol. The number of aryl methyl sites for hydroxylation is 2. The number of hydrogen-bond donors (Lipinski definition) is 0. The Labute approximate surface area is 192 Å². The summed E-state index contributed by atoms with van der Waals surface area (Å²) in [5.41, 5.74) is 0.847. The SMILES string of the molecule is C/C=C/COc1cc(C)c(OCCCCOc2ccc(/C(=N/OC)C(F)(F)F)cc2)c(C)c1. The topological polar surface area (TPSA) is 49.3 Å². The molecule has 0 heterocycles. The van der Waals surface area contributed by atoms with E-state index in [-0.39, 0.29) is 5.56 Å². The first-order chi connectivity index (χ1) is 15.8. The van der Waals surface area contributed by atoms with Crippen LogP contribution in [0, 0.1) is 13.8 Å². The lowest BCUT2D eigenvalue weighted by Gasteiger charge is -2.14. The molecule has 0 aliphatic heterocycles. The summed E-state index contributed by atoms with van der Waals surface area (Å²) in [6.45, 7) is 7.41. The lowest BCUT2D eigenvalue weighted by atomic mass is 10.1. The van der Waals surface area contributed by atoms with Crippen molar-refractivity contribution in [3.8, 4) is 17.2 Å². The number of nitrogens with zero attached hydrogens (tertiary/aromatic N) is 1. The Morgan fingerprint density at radius 3 is 2.06 bits per heavy atom. The average molecular weight is 466 g/mol. The Morgan fingerprint density at radius 2 is 1.52 bits per heavy atom. The van der Waals surface area contributed by atoms with Gasteiger partial charge in [-0.2, -0.15) is 13.2 Å². The Morgan fingerprint density at radius 1 is 0.909 bits per heavy atom. The van der Waals surface area contributed by atoms with Gasteiger partial charge in [-0.3, -0.25) is 0 Å². The molecule has 0 N–H and O–H groups in total. The van der Waals surface area contributed by atoms with Crippen molar-refractivity contribution in [3.05, 3.63) is 65.2 Å². The molecule has 5 nitrogen and oxygen atoms in total. The number of unbranched alkanes of at least 4 members (excludes halogenated alkanes) is 1. The molecule has 0 atom stereocenters. The zero-order valence-electron chi connectivity index (χ0n) is 19.4. The molecule has 0 aliphatic carbocycles. The van der Waals surface area contributed by atoms with Crippen molar-refractivity contribution in [3.63, 3.8) is 0 Å². The summed E-state index contributed by atoms with van der Waals surface area (Å²) in [4.78, 5) is 4.31. The molecule has 0 spiro atoms. The van der Waals surface area contributed by atoms with Crippen LogP contribution in [0.1, 0.15) is 36.5 Å². The van der Waals surface area contributed by atoms with Gasteiger partial charge in [0.1, 0.15) is 31.0 Å². The van der Waals surface area contributed by atoms with Crippen LogP contribution in [0.3, 0.4) is 0 Å². The Hall–Kier alpha value is -3.16. The molecule has 0 fully saturated rings. The first-order valence-corrected chi connectivity index (χ1v) is 10.7. The second-order valence-corrected chi connectivity index (χ2v) is 7.31. The van der Waals surface area contributed by atoms with Gasteiger partial charge in [-0.25, -0.2) is 0 Å². The van der Waals surface area contributed by atoms with Gasteiger partial charge in [-0.05, 0) is 81.1 Å². The highest BCUT2D eigenvalue weighted by Gasteiger charge is 2.37. The second-order valence-electron chi connectivity index (χ2n) is 7.31. The van der Waals surface area contributed by atoms with E-state index in [0.29, 0.717) is 25.6 Å². The second kappa shape index (κ2) is 12.8. The lowest BCUT2D eigenvalue weighted by molar-refractivity contribution is -0.0608. The van der Waals surface area contributed by atoms with Gasteiger partial charge in [-0.15, -0.1) is 0 Å². The Balaban J connectivity index is 1.77. The summed E-state index contributed by atoms with van der Waals surface area (Å²) < 4.78 is 56.3. The smallest absolute Gasteiger partial charge is 0.437 e. The van der Waals surface area contributed by atoms with Crippen LogP contribution < -0.4 is 14.2 Å². The molecular weight excluding hydrogens is 435 g/mol. The van der Waals surface area contributed by atoms with Crippen LogP contribution in [0.4, 0.5) is 13.2 Å². The number of allylic oxidation sites excluding steroid dienone is 1. The number of ether oxygens (including phenoxy) is 3. The van der Waals surface area contributed by atoms with Crippen molar-refractivity contribution >= 4 is 5.71 Å². The minimum absolute atomic E-state index is 0.0888. The van der Waals surface area contributed by atoms with E-state index in [4.69, 9.17) is 14.2 Å². The molecule has 2 aromatic rings. The Kier molecular flexibility index (Phi) is 10.1. The minimum Gasteiger partial charge on any atom is -0.494 e. The van der Waals surface area contributed by atoms with Crippen molar-refractivity contribution < 1.29 is 32.2 Å². The van der Waals surface area contributed by atoms with Crippen LogP contribution in [0.15, 0.2) is 53.7 Å². The van der Waals surface area contributed by atoms with Crippen LogP contribution >= 0.6 is 0 Å². The molecule has 0 aliphatic rings. The number of oxime groups is 1. The van der Waals surface area contributed by atoms with Gasteiger partial charge in [0, 0.05) is 5.56 Å². The summed E-state index contributed by atoms with van der Waals surface area (Å²) in [6.07, 6.45) is 0.797. The van der Waals surface area contributed by atoms with Gasteiger partial charge in [-0.1, -0.05) is 17.3 Å². The summed E-state index contributed by atoms with van der Waals surface area (Å²) >= 11 is 0. The number of rotatable bonds is 12. The Bertz CT molecular complexity index is 915. The van der Waals surface area contributed by atoms with Crippen LogP contribution in [0.2, 0.25) is 0 Å². The zero-order valence-corrected chi connectivity index (χ0v) is 19.4. The van der Waals surface area contributed by atoms with Gasteiger partial charge in [0.05, 0.1) is 13.2 Å². The van der Waals surface area contributed by atoms with Crippen LogP contribution in [0.25, 0.3) is 0 Å². The molecule has 0 unspecified atom stereocenters. The maximum Gasteiger partial charge on any atom is 0.437 e. The number of halogens is 3. The van der Waals surface area contributed by atoms with E-state index in [1.807, 2.05) is 45.1 Å². The van der Waals surface area contributed by atoms with E-state index in [2.05, 4.69) is 9.99 Å². The summed E-state index contributed by atoms with van der Waals surface area (Å²) in [5, 5.41) is 3.08. The van der Waals surface area contributed by atoms with Crippen LogP contribution in [-0.4, -0.2) is 38.8 Å². The highest BCUT2D eigenvalue weighted by Crippen LogP contribution is 2.29. The predicted octanol–water partition coefficient (Wildman–Crippen LogP) is 6.41. The van der Waals surface area contributed by atoms with Gasteiger partial charge >= 0.3 is 6.18 Å². The largest absolute Gasteiger partial charge is 0.494 e. The fourth-order valence-electron chi connectivity index (χ4n) is 3.10. The highest BCUT2D eigenvalue weighted by molar-refractivity contribution is 6.04. The van der Waals surface area contributed by atoms with E-state index in [1.165, 1.54) is 24.3 Å². The molecule has 0 saturated carbocycles. The third kappa shape index (κ3) is 8.36. The van der Waals surface area contributed by atoms with Gasteiger partial charge in [0.25, 0.3) is 0 Å². The monoisotopic (exact) mass is 465 g/mol. The quantitative estimate of drug-likeness (QED) is 0.157. The fourth-order valence-corrected chi connectivity index (χ4v) is 3.10. The van der Waals surface area contributed by atoms with Crippen molar-refractivity contribution in [1.82, 2.24) is 0 Å². The summed E-state index contributed by atoms with van der Waals surface area (Å²) in [5.74, 6) is 2.15. The molecule has 2 rings (SSSR count). The van der Waals surface area contributed by atoms with E-state index >= 15 is 0 Å². The summed E-state index contributed by atoms with van der Waals surface area (Å²) in [7, 11) is 1.07. The molecule has 0 saturated heterocycles. The summed E-state index contributed by atoms with van der Waals surface area (Å²) in [6, 6.07) is 9.49. The third-order valence-corrected chi connectivity index (χ3v) is 4.65. The normalized spacial score (nSPS) is 12.2. The fraction of sp³-hybridized carbons (Fsp3) is 0.400. The maximum absolute atomic E-state index is 13.0. The molecule has 0 radical (unpaired) electrons. The van der Waals surface area contributed by atoms with E-state index in [9.17, 15) is 13.2 Å². The first-order valence-electron chi connectivity index (χ1n) is 10.7. The molecule has 0 aromatic heterocycles. The molecule has 180 valence electrons. The zero-order chi connectivity index (χ0) is 24.3. The highest BCUT2D eigenvalue weighted by atomic mass is 19.4. The molecule has 33 heavy (non-hydrogen) atoms. The molecular formula is C25H30F3NO4. The van der Waals surface area contributed by atoms with Crippen molar-refractivity contribution in [2.45, 2.75) is 39.8 Å². The van der Waals surface area contributed by atoms with Crippen molar-refractivity contribution in [2.75, 3.05) is 26.9 Å². The van der Waals surface area contributed by atoms with E-state index in [1.54, 1.807) is 0 Å². The molecule has 0 bridgehead atoms. The van der Waals surface area contributed by atoms with Crippen molar-refractivity contribution in [1.29, 1.82) is 0 Å². The molecule has 2 aromatic carbocycles. The van der Waals surface area contributed by atoms with Crippen LogP contribution in [-0.2, 0) is 4.84 Å². The molecule has 0 amide bonds. The maximum atomic E-state index is 13.0. The average Bonchev–Trinajstić information content (AvgIpc) is 2.76. The number of alkyl halides is 3. The minimum atomic E-state index is -4.60. The first kappa shape index (κ1) is 26.1. The van der Waals surface area contributed by atoms with Crippen LogP contribution in [0.5, 0.6) is 17.2 Å². The van der Waals surface area contributed by atoms with Gasteiger partial charge in [0.15, 0.2) is 5.71 Å². The van der Waals surface area contributed by atoms with Gasteiger partial charge < -0.3 is 19.0 Å².